The van der Waals surface area contributed by atoms with E-state index in [2.05, 4.69) is 5.32 Å². The zero-order chi connectivity index (χ0) is 15.3. The van der Waals surface area contributed by atoms with Crippen molar-refractivity contribution in [1.29, 1.82) is 0 Å². The first-order valence-electron chi connectivity index (χ1n) is 6.31. The average Bonchev–Trinajstić information content (AvgIpc) is 2.08. The van der Waals surface area contributed by atoms with Crippen LogP contribution in [0.4, 0.5) is 8.68 Å². The van der Waals surface area contributed by atoms with E-state index < -0.39 is 33.7 Å². The summed E-state index contributed by atoms with van der Waals surface area (Å²) < 4.78 is 39.1. The Morgan fingerprint density at radius 3 is 2.16 bits per heavy atom. The van der Waals surface area contributed by atoms with E-state index in [4.69, 9.17) is 4.74 Å². The SMILES string of the molecule is CC(C)CCC(CS(=O)(=O)F)NC(=O)OC(C)(C)C. The predicted molar refractivity (Wildman–Crippen MR) is 72.1 cm³/mol. The van der Waals surface area contributed by atoms with Crippen molar-refractivity contribution >= 4 is 16.3 Å². The van der Waals surface area contributed by atoms with Gasteiger partial charge in [-0.05, 0) is 39.5 Å². The van der Waals surface area contributed by atoms with E-state index in [-0.39, 0.29) is 0 Å². The van der Waals surface area contributed by atoms with Crippen LogP contribution in [0.2, 0.25) is 0 Å². The van der Waals surface area contributed by atoms with Crippen molar-refractivity contribution in [2.24, 2.45) is 5.92 Å². The number of carbonyl (C=O) groups is 1. The summed E-state index contributed by atoms with van der Waals surface area (Å²) in [6, 6.07) is -0.771. The lowest BCUT2D eigenvalue weighted by Gasteiger charge is -2.23. The molecule has 0 spiro atoms. The average molecular weight is 297 g/mol. The van der Waals surface area contributed by atoms with Crippen LogP contribution < -0.4 is 5.32 Å². The van der Waals surface area contributed by atoms with Gasteiger partial charge < -0.3 is 10.1 Å². The lowest BCUT2D eigenvalue weighted by molar-refractivity contribution is 0.0506. The fourth-order valence-corrected chi connectivity index (χ4v) is 2.18. The topological polar surface area (TPSA) is 72.5 Å². The molecule has 0 aromatic heterocycles. The van der Waals surface area contributed by atoms with Crippen LogP contribution in [0.25, 0.3) is 0 Å². The van der Waals surface area contributed by atoms with Gasteiger partial charge >= 0.3 is 16.3 Å². The van der Waals surface area contributed by atoms with Gasteiger partial charge in [-0.15, -0.1) is 3.89 Å². The number of amides is 1. The molecule has 7 heteroatoms. The molecule has 0 rings (SSSR count). The quantitative estimate of drug-likeness (QED) is 0.765. The molecule has 0 aliphatic heterocycles. The Balaban J connectivity index is 4.53. The molecular formula is C12H24FNO4S. The third kappa shape index (κ3) is 11.9. The molecule has 0 bridgehead atoms. The van der Waals surface area contributed by atoms with Crippen LogP contribution >= 0.6 is 0 Å². The molecule has 0 aromatic rings. The van der Waals surface area contributed by atoms with E-state index in [1.165, 1.54) is 0 Å². The summed E-state index contributed by atoms with van der Waals surface area (Å²) in [5.74, 6) is -0.385. The minimum atomic E-state index is -4.63. The Kier molecular flexibility index (Phi) is 6.76. The summed E-state index contributed by atoms with van der Waals surface area (Å²) >= 11 is 0. The first-order valence-corrected chi connectivity index (χ1v) is 7.86. The summed E-state index contributed by atoms with van der Waals surface area (Å²) in [6.07, 6.45) is 0.348. The Morgan fingerprint density at radius 1 is 1.26 bits per heavy atom. The number of nitrogens with one attached hydrogen (secondary N) is 1. The Bertz CT molecular complexity index is 387. The van der Waals surface area contributed by atoms with Crippen LogP contribution in [-0.2, 0) is 15.0 Å². The van der Waals surface area contributed by atoms with Gasteiger partial charge in [0.05, 0.1) is 0 Å². The minimum Gasteiger partial charge on any atom is -0.444 e. The monoisotopic (exact) mass is 297 g/mol. The van der Waals surface area contributed by atoms with E-state index in [9.17, 15) is 17.1 Å². The second kappa shape index (κ2) is 7.07. The van der Waals surface area contributed by atoms with Crippen LogP contribution in [0, 0.1) is 5.92 Å². The van der Waals surface area contributed by atoms with Gasteiger partial charge in [-0.3, -0.25) is 0 Å². The summed E-state index contributed by atoms with van der Waals surface area (Å²) in [5, 5.41) is 2.41. The molecule has 114 valence electrons. The Labute approximate surface area is 115 Å². The molecule has 1 atom stereocenters. The molecule has 0 fully saturated rings. The van der Waals surface area contributed by atoms with Crippen molar-refractivity contribution in [2.75, 3.05) is 5.75 Å². The minimum absolute atomic E-state index is 0.338. The second-order valence-electron chi connectivity index (χ2n) is 6.02. The number of hydrogen-bond donors (Lipinski definition) is 1. The first-order chi connectivity index (χ1) is 8.39. The van der Waals surface area contributed by atoms with Gasteiger partial charge in [-0.1, -0.05) is 13.8 Å². The number of alkyl carbamates (subject to hydrolysis) is 1. The van der Waals surface area contributed by atoms with Gasteiger partial charge in [0, 0.05) is 6.04 Å². The molecule has 0 radical (unpaired) electrons. The van der Waals surface area contributed by atoms with Crippen molar-refractivity contribution in [3.8, 4) is 0 Å². The molecule has 1 amide bonds. The standard InChI is InChI=1S/C12H24FNO4S/c1-9(2)6-7-10(8-19(13,16)17)14-11(15)18-12(3,4)5/h9-10H,6-8H2,1-5H3,(H,14,15). The highest BCUT2D eigenvalue weighted by atomic mass is 32.3. The number of halogens is 1. The van der Waals surface area contributed by atoms with E-state index >= 15 is 0 Å². The molecular weight excluding hydrogens is 273 g/mol. The molecule has 0 saturated carbocycles. The highest BCUT2D eigenvalue weighted by Crippen LogP contribution is 2.11. The fourth-order valence-electron chi connectivity index (χ4n) is 1.45. The van der Waals surface area contributed by atoms with Crippen LogP contribution in [0.15, 0.2) is 0 Å². The van der Waals surface area contributed by atoms with Crippen molar-refractivity contribution in [2.45, 2.75) is 59.1 Å². The van der Waals surface area contributed by atoms with E-state index in [1.807, 2.05) is 13.8 Å². The first kappa shape index (κ1) is 18.1. The predicted octanol–water partition coefficient (Wildman–Crippen LogP) is 2.62. The summed E-state index contributed by atoms with van der Waals surface area (Å²) in [4.78, 5) is 11.5. The molecule has 1 unspecified atom stereocenters. The van der Waals surface area contributed by atoms with Crippen LogP contribution in [0.5, 0.6) is 0 Å². The van der Waals surface area contributed by atoms with Crippen LogP contribution in [0.1, 0.15) is 47.5 Å². The molecule has 0 aromatic carbocycles. The second-order valence-corrected chi connectivity index (χ2v) is 7.43. The van der Waals surface area contributed by atoms with Gasteiger partial charge in [-0.2, -0.15) is 8.42 Å². The molecule has 0 aliphatic rings. The Morgan fingerprint density at radius 2 is 1.79 bits per heavy atom. The maximum Gasteiger partial charge on any atom is 0.407 e. The Hall–Kier alpha value is -0.850. The maximum atomic E-state index is 12.7. The maximum absolute atomic E-state index is 12.7. The molecule has 19 heavy (non-hydrogen) atoms. The lowest BCUT2D eigenvalue weighted by atomic mass is 10.0. The van der Waals surface area contributed by atoms with Gasteiger partial charge in [0.1, 0.15) is 11.4 Å². The number of carbonyl (C=O) groups excluding carboxylic acids is 1. The molecule has 0 saturated heterocycles. The fraction of sp³-hybridized carbons (Fsp3) is 0.917. The van der Waals surface area contributed by atoms with Gasteiger partial charge in [-0.25, -0.2) is 4.79 Å². The molecule has 1 N–H and O–H groups in total. The van der Waals surface area contributed by atoms with Gasteiger partial charge in [0.25, 0.3) is 0 Å². The molecule has 5 nitrogen and oxygen atoms in total. The third-order valence-electron chi connectivity index (χ3n) is 2.21. The van der Waals surface area contributed by atoms with Crippen molar-refractivity contribution in [1.82, 2.24) is 5.32 Å². The highest BCUT2D eigenvalue weighted by molar-refractivity contribution is 7.86. The molecule has 0 heterocycles. The zero-order valence-corrected chi connectivity index (χ0v) is 13.0. The normalized spacial score (nSPS) is 14.3. The van der Waals surface area contributed by atoms with Crippen LogP contribution in [0.3, 0.4) is 0 Å². The van der Waals surface area contributed by atoms with E-state index in [1.54, 1.807) is 20.8 Å². The summed E-state index contributed by atoms with van der Waals surface area (Å²) in [6.45, 7) is 9.02. The summed E-state index contributed by atoms with van der Waals surface area (Å²) in [5.41, 5.74) is -0.679. The molecule has 0 aliphatic carbocycles. The van der Waals surface area contributed by atoms with Crippen LogP contribution in [-0.4, -0.2) is 31.9 Å². The lowest BCUT2D eigenvalue weighted by Crippen LogP contribution is -2.42. The number of ether oxygens (including phenoxy) is 1. The smallest absolute Gasteiger partial charge is 0.407 e. The van der Waals surface area contributed by atoms with E-state index in [0.717, 1.165) is 0 Å². The van der Waals surface area contributed by atoms with Gasteiger partial charge in [0.15, 0.2) is 0 Å². The van der Waals surface area contributed by atoms with Crippen molar-refractivity contribution in [3.63, 3.8) is 0 Å². The van der Waals surface area contributed by atoms with Gasteiger partial charge in [0.2, 0.25) is 0 Å². The highest BCUT2D eigenvalue weighted by Gasteiger charge is 2.23. The summed E-state index contributed by atoms with van der Waals surface area (Å²) in [7, 11) is -4.63. The van der Waals surface area contributed by atoms with Crippen molar-refractivity contribution in [3.05, 3.63) is 0 Å². The number of hydrogen-bond acceptors (Lipinski definition) is 4. The largest absolute Gasteiger partial charge is 0.444 e. The number of rotatable bonds is 6. The van der Waals surface area contributed by atoms with E-state index in [0.29, 0.717) is 18.8 Å². The third-order valence-corrected chi connectivity index (χ3v) is 3.01. The van der Waals surface area contributed by atoms with Crippen molar-refractivity contribution < 1.29 is 21.8 Å². The zero-order valence-electron chi connectivity index (χ0n) is 12.2.